The zero-order chi connectivity index (χ0) is 25.8. The molecule has 2 atom stereocenters. The van der Waals surface area contributed by atoms with Crippen LogP contribution in [0.1, 0.15) is 31.0 Å². The predicted molar refractivity (Wildman–Crippen MR) is 135 cm³/mol. The number of nitrogens with zero attached hydrogens (tertiary/aromatic N) is 4. The van der Waals surface area contributed by atoms with Crippen LogP contribution in [0, 0.1) is 23.2 Å². The van der Waals surface area contributed by atoms with Crippen LogP contribution in [0.4, 0.5) is 15.9 Å². The molecule has 0 amide bonds. The highest BCUT2D eigenvalue weighted by Crippen LogP contribution is 2.52. The van der Waals surface area contributed by atoms with Crippen LogP contribution in [-0.4, -0.2) is 58.0 Å². The Morgan fingerprint density at radius 3 is 2.86 bits per heavy atom. The van der Waals surface area contributed by atoms with E-state index in [1.54, 1.807) is 31.5 Å². The van der Waals surface area contributed by atoms with Gasteiger partial charge in [0.15, 0.2) is 27.0 Å². The summed E-state index contributed by atoms with van der Waals surface area (Å²) in [6.45, 7) is 0.858. The maximum Gasteiger partial charge on any atom is 0.233 e. The summed E-state index contributed by atoms with van der Waals surface area (Å²) in [5, 5.41) is 14.8. The molecule has 3 N–H and O–H groups in total. The Morgan fingerprint density at radius 2 is 2.14 bits per heavy atom. The molecule has 37 heavy (non-hydrogen) atoms. The van der Waals surface area contributed by atoms with Crippen LogP contribution in [0.15, 0.2) is 30.7 Å². The van der Waals surface area contributed by atoms with E-state index < -0.39 is 26.8 Å². The first-order valence-corrected chi connectivity index (χ1v) is 13.5. The zero-order valence-electron chi connectivity index (χ0n) is 20.0. The van der Waals surface area contributed by atoms with E-state index in [1.165, 1.54) is 6.20 Å². The van der Waals surface area contributed by atoms with Gasteiger partial charge >= 0.3 is 0 Å². The molecule has 1 saturated carbocycles. The first kappa shape index (κ1) is 23.5. The maximum absolute atomic E-state index is 14.2. The third-order valence-corrected chi connectivity index (χ3v) is 9.97. The van der Waals surface area contributed by atoms with E-state index in [9.17, 15) is 12.8 Å². The van der Waals surface area contributed by atoms with Crippen molar-refractivity contribution in [3.05, 3.63) is 42.0 Å². The average Bonchev–Trinajstić information content (AvgIpc) is 3.70. The van der Waals surface area contributed by atoms with Crippen LogP contribution in [0.25, 0.3) is 11.0 Å². The third kappa shape index (κ3) is 3.60. The van der Waals surface area contributed by atoms with Gasteiger partial charge in [-0.05, 0) is 37.8 Å². The molecule has 2 aliphatic carbocycles. The van der Waals surface area contributed by atoms with Crippen LogP contribution < -0.4 is 15.4 Å². The molecule has 3 aliphatic rings. The second-order valence-corrected chi connectivity index (χ2v) is 11.9. The lowest BCUT2D eigenvalue weighted by atomic mass is 9.73. The Balaban J connectivity index is 1.29. The zero-order valence-corrected chi connectivity index (χ0v) is 20.8. The van der Waals surface area contributed by atoms with E-state index in [0.29, 0.717) is 53.2 Å². The minimum atomic E-state index is -3.91. The van der Waals surface area contributed by atoms with Crippen molar-refractivity contribution >= 4 is 38.2 Å². The van der Waals surface area contributed by atoms with Crippen LogP contribution in [0.3, 0.4) is 0 Å². The summed E-state index contributed by atoms with van der Waals surface area (Å²) in [4.78, 5) is 17.7. The van der Waals surface area contributed by atoms with E-state index >= 15 is 0 Å². The smallest absolute Gasteiger partial charge is 0.233 e. The Bertz CT molecular complexity index is 1620. The SMILES string of the molecule is CC#CCOc1cnc2c(Nc3cnc4c(c3)[C@]3(C4)CS(=O)(=O)[C@@](CF)(C4CC4)C(=N)N3)nccc2n1. The number of halogens is 1. The quantitative estimate of drug-likeness (QED) is 0.417. The molecule has 4 heterocycles. The largest absolute Gasteiger partial charge is 0.463 e. The van der Waals surface area contributed by atoms with Gasteiger partial charge in [-0.1, -0.05) is 5.92 Å². The number of alkyl halides is 1. The molecule has 12 heteroatoms. The number of pyridine rings is 2. The number of anilines is 2. The number of nitrogens with one attached hydrogen (secondary N) is 3. The van der Waals surface area contributed by atoms with Gasteiger partial charge in [-0.15, -0.1) is 5.92 Å². The first-order valence-electron chi connectivity index (χ1n) is 11.9. The minimum Gasteiger partial charge on any atom is -0.463 e. The molecule has 2 fully saturated rings. The van der Waals surface area contributed by atoms with E-state index in [4.69, 9.17) is 10.1 Å². The van der Waals surface area contributed by atoms with Gasteiger partial charge in [0.2, 0.25) is 5.88 Å². The molecule has 1 aliphatic heterocycles. The van der Waals surface area contributed by atoms with Crippen molar-refractivity contribution in [2.45, 2.75) is 36.5 Å². The highest BCUT2D eigenvalue weighted by atomic mass is 32.2. The normalized spacial score (nSPS) is 25.4. The number of hydrogen-bond acceptors (Lipinski definition) is 9. The standard InChI is InChI=1S/C25H24FN7O3S/c1-2-3-8-36-20-12-30-21-18(32-20)6-7-28-22(21)31-16-9-17-19(29-11-16)10-24(17)14-37(34,35)25(13-26,15-4-5-15)23(27)33-24/h6-7,9,11-12,15H,4-5,8,10,13-14H2,1H3,(H2,27,33)(H,28,31)/t24-,25-/m0/s1. The molecule has 1 spiro atoms. The molecule has 10 nitrogen and oxygen atoms in total. The lowest BCUT2D eigenvalue weighted by Crippen LogP contribution is -2.71. The molecule has 0 aromatic carbocycles. The van der Waals surface area contributed by atoms with E-state index in [1.807, 2.05) is 0 Å². The summed E-state index contributed by atoms with van der Waals surface area (Å²) >= 11 is 0. The fourth-order valence-corrected chi connectivity index (χ4v) is 7.80. The summed E-state index contributed by atoms with van der Waals surface area (Å²) in [7, 11) is -3.91. The number of sulfone groups is 1. The third-order valence-electron chi connectivity index (χ3n) is 7.34. The molecule has 0 unspecified atom stereocenters. The molecule has 3 aromatic heterocycles. The summed E-state index contributed by atoms with van der Waals surface area (Å²) < 4.78 is 44.6. The van der Waals surface area contributed by atoms with Gasteiger partial charge in [0.1, 0.15) is 18.0 Å². The number of amidine groups is 1. The van der Waals surface area contributed by atoms with E-state index in [-0.39, 0.29) is 24.1 Å². The Kier molecular flexibility index (Phi) is 5.31. The minimum absolute atomic E-state index is 0.212. The Morgan fingerprint density at radius 1 is 1.30 bits per heavy atom. The summed E-state index contributed by atoms with van der Waals surface area (Å²) in [5.41, 5.74) is 2.09. The highest BCUT2D eigenvalue weighted by Gasteiger charge is 2.65. The van der Waals surface area contributed by atoms with Crippen molar-refractivity contribution in [2.75, 3.05) is 24.4 Å². The second kappa shape index (κ2) is 8.34. The van der Waals surface area contributed by atoms with Gasteiger partial charge in [-0.25, -0.2) is 27.8 Å². The fraction of sp³-hybridized carbons (Fsp3) is 0.400. The second-order valence-electron chi connectivity index (χ2n) is 9.61. The maximum atomic E-state index is 14.2. The molecule has 0 radical (unpaired) electrons. The van der Waals surface area contributed by atoms with Crippen molar-refractivity contribution in [3.63, 3.8) is 0 Å². The molecule has 1 saturated heterocycles. The summed E-state index contributed by atoms with van der Waals surface area (Å²) in [5.74, 6) is 5.49. The van der Waals surface area contributed by atoms with Gasteiger partial charge in [0.25, 0.3) is 0 Å². The lowest BCUT2D eigenvalue weighted by molar-refractivity contribution is 0.319. The van der Waals surface area contributed by atoms with E-state index in [2.05, 4.69) is 42.4 Å². The summed E-state index contributed by atoms with van der Waals surface area (Å²) in [6.07, 6.45) is 6.31. The van der Waals surface area contributed by atoms with Gasteiger partial charge < -0.3 is 15.4 Å². The van der Waals surface area contributed by atoms with Gasteiger partial charge in [0, 0.05) is 23.9 Å². The fourth-order valence-electron chi connectivity index (χ4n) is 5.30. The van der Waals surface area contributed by atoms with Crippen molar-refractivity contribution in [1.29, 1.82) is 5.41 Å². The first-order chi connectivity index (χ1) is 17.8. The van der Waals surface area contributed by atoms with Crippen molar-refractivity contribution in [1.82, 2.24) is 25.3 Å². The van der Waals surface area contributed by atoms with Gasteiger partial charge in [-0.3, -0.25) is 10.4 Å². The molecule has 3 aromatic rings. The van der Waals surface area contributed by atoms with Crippen molar-refractivity contribution in [3.8, 4) is 17.7 Å². The van der Waals surface area contributed by atoms with Crippen LogP contribution in [0.2, 0.25) is 0 Å². The number of fused-ring (bicyclic) bond motifs is 3. The number of ether oxygens (including phenoxy) is 1. The van der Waals surface area contributed by atoms with Gasteiger partial charge in [0.05, 0.1) is 34.9 Å². The van der Waals surface area contributed by atoms with Crippen molar-refractivity contribution in [2.24, 2.45) is 5.92 Å². The number of aromatic nitrogens is 4. The topological polar surface area (TPSA) is 143 Å². The van der Waals surface area contributed by atoms with Gasteiger partial charge in [-0.2, -0.15) is 0 Å². The Labute approximate surface area is 212 Å². The molecule has 190 valence electrons. The summed E-state index contributed by atoms with van der Waals surface area (Å²) in [6, 6.07) is 3.52. The average molecular weight is 522 g/mol. The predicted octanol–water partition coefficient (Wildman–Crippen LogP) is 2.43. The lowest BCUT2D eigenvalue weighted by Gasteiger charge is -2.51. The van der Waals surface area contributed by atoms with E-state index in [0.717, 1.165) is 5.69 Å². The number of rotatable bonds is 6. The molecule has 0 bridgehead atoms. The van der Waals surface area contributed by atoms with Crippen LogP contribution >= 0.6 is 0 Å². The van der Waals surface area contributed by atoms with Crippen LogP contribution in [0.5, 0.6) is 5.88 Å². The van der Waals surface area contributed by atoms with Crippen molar-refractivity contribution < 1.29 is 17.5 Å². The highest BCUT2D eigenvalue weighted by molar-refractivity contribution is 7.93. The molecular formula is C25H24FN7O3S. The Hall–Kier alpha value is -3.85. The molecular weight excluding hydrogens is 497 g/mol. The molecule has 6 rings (SSSR count). The van der Waals surface area contributed by atoms with Crippen LogP contribution in [-0.2, 0) is 21.8 Å². The number of hydrogen-bond donors (Lipinski definition) is 3. The monoisotopic (exact) mass is 521 g/mol.